The highest BCUT2D eigenvalue weighted by molar-refractivity contribution is 5.96. The SMILES string of the molecule is Cn1cc(-c2ccc(C(=O)O)[nH]2)c2cccc(F)c21. The summed E-state index contributed by atoms with van der Waals surface area (Å²) in [5, 5.41) is 9.66. The van der Waals surface area contributed by atoms with Crippen LogP contribution in [0.1, 0.15) is 10.5 Å². The van der Waals surface area contributed by atoms with Crippen LogP contribution in [0, 0.1) is 5.82 Å². The molecular weight excluding hydrogens is 247 g/mol. The van der Waals surface area contributed by atoms with Gasteiger partial charge < -0.3 is 14.7 Å². The number of aromatic amines is 1. The Bertz CT molecular complexity index is 786. The van der Waals surface area contributed by atoms with Gasteiger partial charge in [-0.15, -0.1) is 0 Å². The number of benzene rings is 1. The van der Waals surface area contributed by atoms with E-state index in [1.165, 1.54) is 12.1 Å². The molecule has 0 amide bonds. The smallest absolute Gasteiger partial charge is 0.352 e. The second-order valence-electron chi connectivity index (χ2n) is 4.38. The molecule has 0 aliphatic carbocycles. The summed E-state index contributed by atoms with van der Waals surface area (Å²) in [4.78, 5) is 13.7. The van der Waals surface area contributed by atoms with Gasteiger partial charge in [0.05, 0.1) is 5.52 Å². The van der Waals surface area contributed by atoms with Gasteiger partial charge in [0.25, 0.3) is 0 Å². The first-order valence-electron chi connectivity index (χ1n) is 5.74. The molecule has 96 valence electrons. The van der Waals surface area contributed by atoms with Gasteiger partial charge in [-0.2, -0.15) is 0 Å². The standard InChI is InChI=1S/C14H11FN2O2/c1-17-7-9(8-3-2-4-10(15)13(8)17)11-5-6-12(16-11)14(18)19/h2-7,16H,1H3,(H,18,19). The van der Waals surface area contributed by atoms with Crippen LogP contribution >= 0.6 is 0 Å². The van der Waals surface area contributed by atoms with E-state index in [4.69, 9.17) is 5.11 Å². The number of aromatic nitrogens is 2. The maximum Gasteiger partial charge on any atom is 0.352 e. The average molecular weight is 258 g/mol. The van der Waals surface area contributed by atoms with Crippen LogP contribution < -0.4 is 0 Å². The molecule has 3 rings (SSSR count). The molecule has 0 aliphatic heterocycles. The van der Waals surface area contributed by atoms with Crippen molar-refractivity contribution in [3.63, 3.8) is 0 Å². The van der Waals surface area contributed by atoms with Crippen LogP contribution in [0.15, 0.2) is 36.5 Å². The monoisotopic (exact) mass is 258 g/mol. The van der Waals surface area contributed by atoms with Gasteiger partial charge in [-0.3, -0.25) is 0 Å². The van der Waals surface area contributed by atoms with E-state index in [1.54, 1.807) is 29.9 Å². The third kappa shape index (κ3) is 1.71. The molecule has 0 fully saturated rings. The Morgan fingerprint density at radius 3 is 2.79 bits per heavy atom. The summed E-state index contributed by atoms with van der Waals surface area (Å²) in [6.07, 6.45) is 1.78. The highest BCUT2D eigenvalue weighted by Gasteiger charge is 2.14. The van der Waals surface area contributed by atoms with Crippen molar-refractivity contribution >= 4 is 16.9 Å². The maximum atomic E-state index is 13.8. The summed E-state index contributed by atoms with van der Waals surface area (Å²) >= 11 is 0. The molecule has 0 atom stereocenters. The van der Waals surface area contributed by atoms with Gasteiger partial charge in [0.1, 0.15) is 11.5 Å². The predicted octanol–water partition coefficient (Wildman–Crippen LogP) is 3.01. The minimum atomic E-state index is -1.02. The Morgan fingerprint density at radius 2 is 2.11 bits per heavy atom. The predicted molar refractivity (Wildman–Crippen MR) is 69.6 cm³/mol. The molecular formula is C14H11FN2O2. The fourth-order valence-electron chi connectivity index (χ4n) is 2.31. The van der Waals surface area contributed by atoms with Gasteiger partial charge >= 0.3 is 5.97 Å². The zero-order chi connectivity index (χ0) is 13.6. The van der Waals surface area contributed by atoms with Crippen molar-refractivity contribution in [2.24, 2.45) is 7.05 Å². The first kappa shape index (κ1) is 11.5. The molecule has 19 heavy (non-hydrogen) atoms. The van der Waals surface area contributed by atoms with E-state index in [0.29, 0.717) is 11.2 Å². The molecule has 0 radical (unpaired) electrons. The van der Waals surface area contributed by atoms with Gasteiger partial charge in [-0.1, -0.05) is 12.1 Å². The number of aryl methyl sites for hydroxylation is 1. The topological polar surface area (TPSA) is 58.0 Å². The molecule has 0 bridgehead atoms. The number of nitrogens with zero attached hydrogens (tertiary/aromatic N) is 1. The molecule has 4 nitrogen and oxygen atoms in total. The lowest BCUT2D eigenvalue weighted by Crippen LogP contribution is -1.95. The molecule has 0 saturated heterocycles. The first-order valence-corrected chi connectivity index (χ1v) is 5.74. The fourth-order valence-corrected chi connectivity index (χ4v) is 2.31. The number of carboxylic acid groups (broad SMARTS) is 1. The Labute approximate surface area is 108 Å². The van der Waals surface area contributed by atoms with Gasteiger partial charge in [0.15, 0.2) is 0 Å². The Morgan fingerprint density at radius 1 is 1.32 bits per heavy atom. The molecule has 5 heteroatoms. The van der Waals surface area contributed by atoms with Gasteiger partial charge in [-0.05, 0) is 18.2 Å². The third-order valence-corrected chi connectivity index (χ3v) is 3.16. The first-order chi connectivity index (χ1) is 9.08. The largest absolute Gasteiger partial charge is 0.477 e. The van der Waals surface area contributed by atoms with Gasteiger partial charge in [0.2, 0.25) is 0 Å². The van der Waals surface area contributed by atoms with Crippen molar-refractivity contribution in [3.8, 4) is 11.3 Å². The number of fused-ring (bicyclic) bond motifs is 1. The van der Waals surface area contributed by atoms with Crippen molar-refractivity contribution in [3.05, 3.63) is 48.0 Å². The molecule has 1 aromatic carbocycles. The summed E-state index contributed by atoms with van der Waals surface area (Å²) in [5.41, 5.74) is 2.06. The molecule has 2 aromatic heterocycles. The van der Waals surface area contributed by atoms with Crippen molar-refractivity contribution in [2.45, 2.75) is 0 Å². The van der Waals surface area contributed by atoms with E-state index >= 15 is 0 Å². The van der Waals surface area contributed by atoms with Gasteiger partial charge in [-0.25, -0.2) is 9.18 Å². The molecule has 0 aliphatic rings. The van der Waals surface area contributed by atoms with Crippen molar-refractivity contribution in [1.29, 1.82) is 0 Å². The van der Waals surface area contributed by atoms with E-state index in [1.807, 2.05) is 6.07 Å². The summed E-state index contributed by atoms with van der Waals surface area (Å²) in [7, 11) is 1.76. The van der Waals surface area contributed by atoms with Gasteiger partial charge in [0, 0.05) is 29.9 Å². The highest BCUT2D eigenvalue weighted by Crippen LogP contribution is 2.30. The maximum absolute atomic E-state index is 13.8. The minimum Gasteiger partial charge on any atom is -0.477 e. The summed E-state index contributed by atoms with van der Waals surface area (Å²) in [6, 6.07) is 8.04. The van der Waals surface area contributed by atoms with Crippen LogP contribution in [0.2, 0.25) is 0 Å². The van der Waals surface area contributed by atoms with E-state index in [9.17, 15) is 9.18 Å². The number of H-pyrrole nitrogens is 1. The van der Waals surface area contributed by atoms with Crippen LogP contribution in [0.3, 0.4) is 0 Å². The lowest BCUT2D eigenvalue weighted by atomic mass is 10.1. The minimum absolute atomic E-state index is 0.114. The molecule has 0 spiro atoms. The Hall–Kier alpha value is -2.56. The molecule has 2 heterocycles. The molecule has 2 N–H and O–H groups in total. The lowest BCUT2D eigenvalue weighted by Gasteiger charge is -1.97. The molecule has 0 saturated carbocycles. The average Bonchev–Trinajstić information content (AvgIpc) is 2.95. The van der Waals surface area contributed by atoms with Crippen molar-refractivity contribution in [1.82, 2.24) is 9.55 Å². The van der Waals surface area contributed by atoms with E-state index in [0.717, 1.165) is 10.9 Å². The van der Waals surface area contributed by atoms with E-state index in [2.05, 4.69) is 4.98 Å². The molecule has 3 aromatic rings. The second kappa shape index (κ2) is 3.98. The number of halogens is 1. The molecule has 0 unspecified atom stereocenters. The number of hydrogen-bond acceptors (Lipinski definition) is 1. The van der Waals surface area contributed by atoms with Crippen LogP contribution in [-0.2, 0) is 7.05 Å². The van der Waals surface area contributed by atoms with Crippen LogP contribution in [-0.4, -0.2) is 20.6 Å². The number of carbonyl (C=O) groups is 1. The zero-order valence-corrected chi connectivity index (χ0v) is 10.1. The third-order valence-electron chi connectivity index (χ3n) is 3.16. The summed E-state index contributed by atoms with van der Waals surface area (Å²) in [6.45, 7) is 0. The summed E-state index contributed by atoms with van der Waals surface area (Å²) < 4.78 is 15.5. The van der Waals surface area contributed by atoms with Crippen molar-refractivity contribution in [2.75, 3.05) is 0 Å². The Kier molecular flexibility index (Phi) is 2.41. The number of rotatable bonds is 2. The number of carboxylic acids is 1. The van der Waals surface area contributed by atoms with E-state index < -0.39 is 5.97 Å². The quantitative estimate of drug-likeness (QED) is 0.742. The number of aromatic carboxylic acids is 1. The van der Waals surface area contributed by atoms with Crippen LogP contribution in [0.25, 0.3) is 22.2 Å². The van der Waals surface area contributed by atoms with E-state index in [-0.39, 0.29) is 11.5 Å². The van der Waals surface area contributed by atoms with Crippen LogP contribution in [0.5, 0.6) is 0 Å². The zero-order valence-electron chi connectivity index (χ0n) is 10.1. The lowest BCUT2D eigenvalue weighted by molar-refractivity contribution is 0.0691. The number of nitrogens with one attached hydrogen (secondary N) is 1. The highest BCUT2D eigenvalue weighted by atomic mass is 19.1. The second-order valence-corrected chi connectivity index (χ2v) is 4.38. The van der Waals surface area contributed by atoms with Crippen LogP contribution in [0.4, 0.5) is 4.39 Å². The number of hydrogen-bond donors (Lipinski definition) is 2. The normalized spacial score (nSPS) is 11.1. The number of para-hydroxylation sites is 1. The van der Waals surface area contributed by atoms with Crippen molar-refractivity contribution < 1.29 is 14.3 Å². The Balaban J connectivity index is 2.25. The summed E-state index contributed by atoms with van der Waals surface area (Å²) in [5.74, 6) is -1.31. The fraction of sp³-hybridized carbons (Fsp3) is 0.0714.